The van der Waals surface area contributed by atoms with Crippen LogP contribution in [0.3, 0.4) is 0 Å². The number of carbonyl (C=O) groups excluding carboxylic acids is 2. The molecule has 0 saturated carbocycles. The lowest BCUT2D eigenvalue weighted by atomic mass is 9.85. The van der Waals surface area contributed by atoms with Gasteiger partial charge in [-0.15, -0.1) is 0 Å². The first-order valence-corrected chi connectivity index (χ1v) is 8.84. The quantitative estimate of drug-likeness (QED) is 0.826. The van der Waals surface area contributed by atoms with Gasteiger partial charge in [0, 0.05) is 21.8 Å². The Labute approximate surface area is 150 Å². The zero-order valence-electron chi connectivity index (χ0n) is 13.6. The van der Waals surface area contributed by atoms with Gasteiger partial charge in [0.2, 0.25) is 0 Å². The molecule has 25 heavy (non-hydrogen) atoms. The lowest BCUT2D eigenvalue weighted by molar-refractivity contribution is -0.133. The number of amides is 1. The number of hydrogen-bond acceptors (Lipinski definition) is 3. The van der Waals surface area contributed by atoms with Crippen molar-refractivity contribution in [2.45, 2.75) is 37.7 Å². The molecule has 128 valence electrons. The van der Waals surface area contributed by atoms with Crippen molar-refractivity contribution in [2.24, 2.45) is 0 Å². The van der Waals surface area contributed by atoms with Crippen LogP contribution in [-0.2, 0) is 23.2 Å². The average molecular weight is 356 g/mol. The van der Waals surface area contributed by atoms with Gasteiger partial charge >= 0.3 is 0 Å². The summed E-state index contributed by atoms with van der Waals surface area (Å²) < 4.78 is 0. The SMILES string of the molecule is O=C(C[C@]1(O)C(=O)Nc2ccc(Cl)cc21)c1ccc2c(c1)CCCC2. The monoisotopic (exact) mass is 355 g/mol. The molecule has 2 aromatic carbocycles. The maximum absolute atomic E-state index is 12.8. The van der Waals surface area contributed by atoms with Crippen molar-refractivity contribution < 1.29 is 14.7 Å². The Morgan fingerprint density at radius 3 is 2.68 bits per heavy atom. The van der Waals surface area contributed by atoms with Gasteiger partial charge in [-0.05, 0) is 61.1 Å². The lowest BCUT2D eigenvalue weighted by Crippen LogP contribution is -2.36. The number of Topliss-reactive ketones (excluding diaryl/α,β-unsaturated/α-hetero) is 1. The fourth-order valence-electron chi connectivity index (χ4n) is 3.73. The molecule has 1 heterocycles. The molecule has 4 nitrogen and oxygen atoms in total. The summed E-state index contributed by atoms with van der Waals surface area (Å²) in [7, 11) is 0. The first kappa shape index (κ1) is 16.3. The second-order valence-electron chi connectivity index (χ2n) is 6.79. The highest BCUT2D eigenvalue weighted by molar-refractivity contribution is 6.31. The zero-order valence-corrected chi connectivity index (χ0v) is 14.4. The molecule has 0 unspecified atom stereocenters. The van der Waals surface area contributed by atoms with E-state index in [9.17, 15) is 14.7 Å². The number of nitrogens with one attached hydrogen (secondary N) is 1. The minimum atomic E-state index is -1.88. The van der Waals surface area contributed by atoms with Gasteiger partial charge in [-0.1, -0.05) is 23.7 Å². The summed E-state index contributed by atoms with van der Waals surface area (Å²) in [6, 6.07) is 10.5. The van der Waals surface area contributed by atoms with Gasteiger partial charge < -0.3 is 10.4 Å². The molecule has 0 spiro atoms. The maximum Gasteiger partial charge on any atom is 0.261 e. The van der Waals surface area contributed by atoms with Crippen molar-refractivity contribution in [3.05, 3.63) is 63.7 Å². The van der Waals surface area contributed by atoms with E-state index in [1.165, 1.54) is 23.6 Å². The third kappa shape index (κ3) is 2.75. The number of ketones is 1. The van der Waals surface area contributed by atoms with E-state index in [1.807, 2.05) is 12.1 Å². The molecule has 1 aliphatic heterocycles. The smallest absolute Gasteiger partial charge is 0.261 e. The molecule has 5 heteroatoms. The van der Waals surface area contributed by atoms with Gasteiger partial charge in [0.15, 0.2) is 11.4 Å². The molecule has 2 N–H and O–H groups in total. The molecular formula is C20H18ClNO3. The normalized spacial score (nSPS) is 21.4. The van der Waals surface area contributed by atoms with E-state index in [-0.39, 0.29) is 12.2 Å². The first-order valence-electron chi connectivity index (χ1n) is 8.46. The van der Waals surface area contributed by atoms with Gasteiger partial charge in [-0.25, -0.2) is 0 Å². The lowest BCUT2D eigenvalue weighted by Gasteiger charge is -2.21. The molecule has 0 saturated heterocycles. The van der Waals surface area contributed by atoms with E-state index in [4.69, 9.17) is 11.6 Å². The summed E-state index contributed by atoms with van der Waals surface area (Å²) in [5.41, 5.74) is 2.00. The summed E-state index contributed by atoms with van der Waals surface area (Å²) in [4.78, 5) is 25.1. The third-order valence-electron chi connectivity index (χ3n) is 5.14. The number of carbonyl (C=O) groups is 2. The molecule has 2 aromatic rings. The number of aryl methyl sites for hydroxylation is 2. The van der Waals surface area contributed by atoms with Crippen LogP contribution in [0.2, 0.25) is 5.02 Å². The Morgan fingerprint density at radius 1 is 1.12 bits per heavy atom. The molecule has 0 bridgehead atoms. The first-order chi connectivity index (χ1) is 12.0. The van der Waals surface area contributed by atoms with Crippen LogP contribution in [0.15, 0.2) is 36.4 Å². The number of benzene rings is 2. The Morgan fingerprint density at radius 2 is 1.88 bits per heavy atom. The molecule has 1 aliphatic carbocycles. The van der Waals surface area contributed by atoms with Crippen LogP contribution in [0.5, 0.6) is 0 Å². The molecule has 2 aliphatic rings. The van der Waals surface area contributed by atoms with Crippen molar-refractivity contribution in [1.82, 2.24) is 0 Å². The summed E-state index contributed by atoms with van der Waals surface area (Å²) >= 11 is 6.00. The molecule has 0 fully saturated rings. The number of hydrogen-bond donors (Lipinski definition) is 2. The number of aliphatic hydroxyl groups is 1. The number of anilines is 1. The summed E-state index contributed by atoms with van der Waals surface area (Å²) in [6.07, 6.45) is 4.02. The predicted molar refractivity (Wildman–Crippen MR) is 96.0 cm³/mol. The standard InChI is InChI=1S/C20H18ClNO3/c21-15-7-8-17-16(10-15)20(25,19(24)22-17)11-18(23)14-6-5-12-3-1-2-4-13(12)9-14/h5-10,25H,1-4,11H2,(H,22,24)/t20-/m1/s1. The highest BCUT2D eigenvalue weighted by Crippen LogP contribution is 2.40. The van der Waals surface area contributed by atoms with E-state index in [0.717, 1.165) is 19.3 Å². The Hall–Kier alpha value is -2.17. The van der Waals surface area contributed by atoms with Crippen LogP contribution in [0, 0.1) is 0 Å². The van der Waals surface area contributed by atoms with Crippen molar-refractivity contribution in [2.75, 3.05) is 5.32 Å². The van der Waals surface area contributed by atoms with Crippen molar-refractivity contribution >= 4 is 29.0 Å². The van der Waals surface area contributed by atoms with Crippen LogP contribution in [0.4, 0.5) is 5.69 Å². The van der Waals surface area contributed by atoms with Crippen LogP contribution < -0.4 is 5.32 Å². The number of halogens is 1. The van der Waals surface area contributed by atoms with Crippen molar-refractivity contribution in [1.29, 1.82) is 0 Å². The summed E-state index contributed by atoms with van der Waals surface area (Å²) in [5, 5.41) is 13.9. The molecule has 1 atom stereocenters. The Kier molecular flexibility index (Phi) is 3.89. The topological polar surface area (TPSA) is 66.4 Å². The van der Waals surface area contributed by atoms with Crippen LogP contribution in [0.25, 0.3) is 0 Å². The average Bonchev–Trinajstić information content (AvgIpc) is 2.85. The van der Waals surface area contributed by atoms with Crippen LogP contribution in [-0.4, -0.2) is 16.8 Å². The minimum Gasteiger partial charge on any atom is -0.375 e. The van der Waals surface area contributed by atoms with Gasteiger partial charge in [-0.2, -0.15) is 0 Å². The van der Waals surface area contributed by atoms with E-state index in [1.54, 1.807) is 18.2 Å². The highest BCUT2D eigenvalue weighted by atomic mass is 35.5. The third-order valence-corrected chi connectivity index (χ3v) is 5.37. The van der Waals surface area contributed by atoms with Crippen LogP contribution in [0.1, 0.15) is 46.3 Å². The van der Waals surface area contributed by atoms with E-state index < -0.39 is 11.5 Å². The zero-order chi connectivity index (χ0) is 17.6. The largest absolute Gasteiger partial charge is 0.375 e. The number of fused-ring (bicyclic) bond motifs is 2. The van der Waals surface area contributed by atoms with Gasteiger partial charge in [0.05, 0.1) is 6.42 Å². The maximum atomic E-state index is 12.8. The predicted octanol–water partition coefficient (Wildman–Crippen LogP) is 3.63. The second kappa shape index (κ2) is 5.97. The molecule has 1 amide bonds. The number of rotatable bonds is 3. The molecule has 0 aromatic heterocycles. The van der Waals surface area contributed by atoms with Crippen molar-refractivity contribution in [3.8, 4) is 0 Å². The van der Waals surface area contributed by atoms with Crippen molar-refractivity contribution in [3.63, 3.8) is 0 Å². The van der Waals surface area contributed by atoms with E-state index >= 15 is 0 Å². The minimum absolute atomic E-state index is 0.251. The Balaban J connectivity index is 1.65. The molecule has 0 radical (unpaired) electrons. The van der Waals surface area contributed by atoms with E-state index in [0.29, 0.717) is 21.8 Å². The fraction of sp³-hybridized carbons (Fsp3) is 0.300. The Bertz CT molecular complexity index is 893. The second-order valence-corrected chi connectivity index (χ2v) is 7.23. The summed E-state index contributed by atoms with van der Waals surface area (Å²) in [6.45, 7) is 0. The van der Waals surface area contributed by atoms with Gasteiger partial charge in [-0.3, -0.25) is 9.59 Å². The summed E-state index contributed by atoms with van der Waals surface area (Å²) in [5.74, 6) is -0.838. The van der Waals surface area contributed by atoms with E-state index in [2.05, 4.69) is 5.32 Å². The van der Waals surface area contributed by atoms with Gasteiger partial charge in [0.25, 0.3) is 5.91 Å². The van der Waals surface area contributed by atoms with Crippen LogP contribution >= 0.6 is 11.6 Å². The molecule has 4 rings (SSSR count). The fourth-order valence-corrected chi connectivity index (χ4v) is 3.90. The molecular weight excluding hydrogens is 338 g/mol. The van der Waals surface area contributed by atoms with Gasteiger partial charge in [0.1, 0.15) is 0 Å². The highest BCUT2D eigenvalue weighted by Gasteiger charge is 2.46.